The second-order valence-corrected chi connectivity index (χ2v) is 5.11. The molecule has 0 saturated heterocycles. The average molecular weight is 336 g/mol. The molecule has 0 spiro atoms. The van der Waals surface area contributed by atoms with Crippen LogP contribution in [0.25, 0.3) is 0 Å². The fourth-order valence-electron chi connectivity index (χ4n) is 2.31. The number of rotatable bonds is 6. The third-order valence-corrected chi connectivity index (χ3v) is 3.47. The molecule has 1 aromatic carbocycles. The van der Waals surface area contributed by atoms with Crippen molar-refractivity contribution in [2.24, 2.45) is 0 Å². The predicted molar refractivity (Wildman–Crippen MR) is 82.2 cm³/mol. The quantitative estimate of drug-likeness (QED) is 0.815. The van der Waals surface area contributed by atoms with E-state index in [-0.39, 0.29) is 24.5 Å². The van der Waals surface area contributed by atoms with Crippen molar-refractivity contribution in [3.05, 3.63) is 63.5 Å². The summed E-state index contributed by atoms with van der Waals surface area (Å²) in [5.41, 5.74) is -0.157. The lowest BCUT2D eigenvalue weighted by Gasteiger charge is -2.17. The zero-order valence-corrected chi connectivity index (χ0v) is 13.2. The average Bonchev–Trinajstić information content (AvgIpc) is 2.57. The van der Waals surface area contributed by atoms with Crippen molar-refractivity contribution >= 4 is 5.97 Å². The minimum Gasteiger partial charge on any atom is -0.502 e. The van der Waals surface area contributed by atoms with Crippen molar-refractivity contribution < 1.29 is 28.2 Å². The van der Waals surface area contributed by atoms with Crippen LogP contribution < -0.4 is 5.43 Å². The lowest BCUT2D eigenvalue weighted by molar-refractivity contribution is -0.140. The van der Waals surface area contributed by atoms with E-state index in [1.165, 1.54) is 38.5 Å². The number of methoxy groups -OCH3 is 2. The smallest absolute Gasteiger partial charge is 0.306 e. The van der Waals surface area contributed by atoms with Gasteiger partial charge in [0.25, 0.3) is 0 Å². The van der Waals surface area contributed by atoms with Crippen molar-refractivity contribution in [1.29, 1.82) is 0 Å². The minimum atomic E-state index is -0.803. The van der Waals surface area contributed by atoms with Gasteiger partial charge in [0.05, 0.1) is 19.4 Å². The van der Waals surface area contributed by atoms with Crippen molar-refractivity contribution in [3.63, 3.8) is 0 Å². The Morgan fingerprint density at radius 2 is 1.96 bits per heavy atom. The highest BCUT2D eigenvalue weighted by molar-refractivity contribution is 5.71. The molecule has 2 rings (SSSR count). The van der Waals surface area contributed by atoms with Gasteiger partial charge in [-0.3, -0.25) is 9.59 Å². The number of carbonyl (C=O) groups excluding carboxylic acids is 1. The molecule has 7 heteroatoms. The molecule has 0 aliphatic carbocycles. The van der Waals surface area contributed by atoms with Crippen LogP contribution in [-0.4, -0.2) is 25.3 Å². The molecule has 1 aromatic heterocycles. The molecule has 24 heavy (non-hydrogen) atoms. The van der Waals surface area contributed by atoms with Crippen LogP contribution in [0.5, 0.6) is 5.75 Å². The van der Waals surface area contributed by atoms with E-state index in [1.54, 1.807) is 0 Å². The summed E-state index contributed by atoms with van der Waals surface area (Å²) in [5.74, 6) is -2.31. The Balaban J connectivity index is 2.56. The first-order valence-electron chi connectivity index (χ1n) is 7.13. The maximum absolute atomic E-state index is 13.2. The Morgan fingerprint density at radius 1 is 1.29 bits per heavy atom. The van der Waals surface area contributed by atoms with E-state index >= 15 is 0 Å². The lowest BCUT2D eigenvalue weighted by Crippen LogP contribution is -2.14. The lowest BCUT2D eigenvalue weighted by atomic mass is 9.92. The van der Waals surface area contributed by atoms with Crippen LogP contribution in [0.15, 0.2) is 39.5 Å². The van der Waals surface area contributed by atoms with Gasteiger partial charge in [0.2, 0.25) is 11.2 Å². The summed E-state index contributed by atoms with van der Waals surface area (Å²) in [6.45, 7) is 0.0247. The zero-order chi connectivity index (χ0) is 17.7. The Bertz CT molecular complexity index is 766. The summed E-state index contributed by atoms with van der Waals surface area (Å²) >= 11 is 0. The van der Waals surface area contributed by atoms with Crippen molar-refractivity contribution in [1.82, 2.24) is 0 Å². The van der Waals surface area contributed by atoms with Crippen LogP contribution in [0, 0.1) is 5.82 Å². The minimum absolute atomic E-state index is 0.0247. The fraction of sp³-hybridized carbons (Fsp3) is 0.294. The summed E-state index contributed by atoms with van der Waals surface area (Å²) in [4.78, 5) is 23.7. The first-order valence-corrected chi connectivity index (χ1v) is 7.13. The molecule has 1 heterocycles. The maximum Gasteiger partial charge on any atom is 0.306 e. The van der Waals surface area contributed by atoms with Gasteiger partial charge in [-0.2, -0.15) is 0 Å². The largest absolute Gasteiger partial charge is 0.502 e. The van der Waals surface area contributed by atoms with Crippen LogP contribution in [0.4, 0.5) is 4.39 Å². The molecular formula is C17H17FO6. The van der Waals surface area contributed by atoms with E-state index in [1.807, 2.05) is 0 Å². The molecule has 1 atom stereocenters. The molecule has 2 aromatic rings. The Kier molecular flexibility index (Phi) is 5.70. The van der Waals surface area contributed by atoms with Gasteiger partial charge in [0, 0.05) is 13.2 Å². The highest BCUT2D eigenvalue weighted by Gasteiger charge is 2.26. The van der Waals surface area contributed by atoms with Crippen molar-refractivity contribution in [2.75, 3.05) is 14.2 Å². The number of ether oxygens (including phenoxy) is 2. The van der Waals surface area contributed by atoms with E-state index in [4.69, 9.17) is 9.15 Å². The van der Waals surface area contributed by atoms with E-state index in [0.717, 1.165) is 6.07 Å². The van der Waals surface area contributed by atoms with Crippen LogP contribution in [-0.2, 0) is 20.9 Å². The fourth-order valence-corrected chi connectivity index (χ4v) is 2.31. The van der Waals surface area contributed by atoms with E-state index in [9.17, 15) is 19.1 Å². The highest BCUT2D eigenvalue weighted by atomic mass is 19.1. The Labute approximate surface area is 137 Å². The Hall–Kier alpha value is -2.67. The van der Waals surface area contributed by atoms with E-state index < -0.39 is 28.9 Å². The van der Waals surface area contributed by atoms with Crippen molar-refractivity contribution in [3.8, 4) is 5.75 Å². The van der Waals surface area contributed by atoms with Gasteiger partial charge in [-0.15, -0.1) is 0 Å². The molecule has 0 radical (unpaired) electrons. The molecular weight excluding hydrogens is 319 g/mol. The molecule has 1 N–H and O–H groups in total. The molecule has 0 bridgehead atoms. The van der Waals surface area contributed by atoms with Gasteiger partial charge >= 0.3 is 5.97 Å². The second-order valence-electron chi connectivity index (χ2n) is 5.11. The van der Waals surface area contributed by atoms with Gasteiger partial charge in [-0.1, -0.05) is 12.1 Å². The normalized spacial score (nSPS) is 12.0. The number of esters is 1. The van der Waals surface area contributed by atoms with E-state index in [0.29, 0.717) is 5.56 Å². The van der Waals surface area contributed by atoms with Gasteiger partial charge in [0.1, 0.15) is 18.2 Å². The third-order valence-electron chi connectivity index (χ3n) is 3.47. The molecule has 0 unspecified atom stereocenters. The van der Waals surface area contributed by atoms with Crippen LogP contribution >= 0.6 is 0 Å². The maximum atomic E-state index is 13.2. The zero-order valence-electron chi connectivity index (χ0n) is 13.2. The second kappa shape index (κ2) is 7.74. The van der Waals surface area contributed by atoms with Crippen LogP contribution in [0.2, 0.25) is 0 Å². The van der Waals surface area contributed by atoms with Gasteiger partial charge in [-0.05, 0) is 17.7 Å². The molecule has 6 nitrogen and oxygen atoms in total. The summed E-state index contributed by atoms with van der Waals surface area (Å²) in [6.07, 6.45) is -0.185. The van der Waals surface area contributed by atoms with Crippen LogP contribution in [0.3, 0.4) is 0 Å². The number of carbonyl (C=O) groups is 1. The number of aromatic hydroxyl groups is 1. The van der Waals surface area contributed by atoms with Gasteiger partial charge < -0.3 is 19.0 Å². The molecule has 0 aliphatic rings. The molecule has 128 valence electrons. The first-order chi connectivity index (χ1) is 11.5. The van der Waals surface area contributed by atoms with Gasteiger partial charge in [0.15, 0.2) is 5.76 Å². The molecule has 0 amide bonds. The number of halogens is 1. The first kappa shape index (κ1) is 17.7. The number of hydrogen-bond donors (Lipinski definition) is 1. The Morgan fingerprint density at radius 3 is 2.54 bits per heavy atom. The third kappa shape index (κ3) is 3.99. The SMILES string of the molecule is COCc1cc(=O)c(O)c([C@@H](CC(=O)OC)c2ccc(F)cc2)o1. The molecule has 0 fully saturated rings. The molecule has 0 saturated carbocycles. The van der Waals surface area contributed by atoms with Crippen molar-refractivity contribution in [2.45, 2.75) is 18.9 Å². The summed E-state index contributed by atoms with van der Waals surface area (Å²) in [7, 11) is 2.65. The summed E-state index contributed by atoms with van der Waals surface area (Å²) in [6, 6.07) is 6.44. The van der Waals surface area contributed by atoms with E-state index in [2.05, 4.69) is 4.74 Å². The molecule has 0 aliphatic heterocycles. The number of hydrogen-bond acceptors (Lipinski definition) is 6. The topological polar surface area (TPSA) is 86.0 Å². The predicted octanol–water partition coefficient (Wildman–Crippen LogP) is 2.33. The standard InChI is InChI=1S/C17H17FO6/c1-22-9-12-7-14(19)16(21)17(24-12)13(8-15(20)23-2)10-3-5-11(18)6-4-10/h3-7,13,21H,8-9H2,1-2H3/t13-/m0/s1. The summed E-state index contributed by atoms with van der Waals surface area (Å²) in [5, 5.41) is 10.1. The monoisotopic (exact) mass is 336 g/mol. The highest BCUT2D eigenvalue weighted by Crippen LogP contribution is 2.33. The number of benzene rings is 1. The van der Waals surface area contributed by atoms with Gasteiger partial charge in [-0.25, -0.2) is 4.39 Å². The summed E-state index contributed by atoms with van der Waals surface area (Å²) < 4.78 is 28.3. The van der Waals surface area contributed by atoms with Crippen LogP contribution in [0.1, 0.15) is 29.4 Å².